The maximum Gasteiger partial charge on any atom is 0.161 e. The Bertz CT molecular complexity index is 820. The van der Waals surface area contributed by atoms with Gasteiger partial charge < -0.3 is 0 Å². The summed E-state index contributed by atoms with van der Waals surface area (Å²) in [5.74, 6) is 0.846. The van der Waals surface area contributed by atoms with E-state index >= 15 is 0 Å². The molecule has 0 aliphatic rings. The normalized spacial score (nSPS) is 11.3. The molecule has 0 bridgehead atoms. The first-order chi connectivity index (χ1) is 10.1. The van der Waals surface area contributed by atoms with Gasteiger partial charge in [0.2, 0.25) is 0 Å². The average molecular weight is 364 g/mol. The molecular formula is C15H12BrClN4. The van der Waals surface area contributed by atoms with Gasteiger partial charge in [0.15, 0.2) is 5.82 Å². The molecule has 21 heavy (non-hydrogen) atoms. The summed E-state index contributed by atoms with van der Waals surface area (Å²) in [6.07, 6.45) is 3.34. The van der Waals surface area contributed by atoms with Crippen LogP contribution < -0.4 is 0 Å². The molecule has 6 heteroatoms. The zero-order valence-corrected chi connectivity index (χ0v) is 13.9. The maximum absolute atomic E-state index is 6.21. The van der Waals surface area contributed by atoms with Crippen LogP contribution in [-0.2, 0) is 0 Å². The average Bonchev–Trinajstić information content (AvgIpc) is 2.49. The second-order valence-electron chi connectivity index (χ2n) is 4.95. The molecule has 0 saturated heterocycles. The standard InChI is InChI=1S/C15H12BrClN4/c1-8(2)13-12(16)14(17)21-15(20-13)9-3-4-10-11(7-9)19-6-5-18-10/h3-8H,1-2H3. The molecule has 0 N–H and O–H groups in total. The van der Waals surface area contributed by atoms with Gasteiger partial charge >= 0.3 is 0 Å². The molecule has 0 saturated carbocycles. The van der Waals surface area contributed by atoms with Crippen molar-refractivity contribution < 1.29 is 0 Å². The van der Waals surface area contributed by atoms with E-state index in [1.165, 1.54) is 0 Å². The minimum atomic E-state index is 0.249. The van der Waals surface area contributed by atoms with Gasteiger partial charge in [0.05, 0.1) is 21.2 Å². The Morgan fingerprint density at radius 3 is 2.48 bits per heavy atom. The molecule has 2 aromatic heterocycles. The molecule has 1 aromatic carbocycles. The van der Waals surface area contributed by atoms with Crippen LogP contribution in [0.25, 0.3) is 22.4 Å². The van der Waals surface area contributed by atoms with E-state index in [9.17, 15) is 0 Å². The molecule has 0 aliphatic carbocycles. The van der Waals surface area contributed by atoms with Gasteiger partial charge in [-0.25, -0.2) is 9.97 Å². The highest BCUT2D eigenvalue weighted by Crippen LogP contribution is 2.31. The third kappa shape index (κ3) is 2.76. The molecule has 0 spiro atoms. The van der Waals surface area contributed by atoms with Crippen molar-refractivity contribution >= 4 is 38.6 Å². The molecule has 3 rings (SSSR count). The molecule has 0 atom stereocenters. The van der Waals surface area contributed by atoms with E-state index in [-0.39, 0.29) is 5.92 Å². The summed E-state index contributed by atoms with van der Waals surface area (Å²) in [5.41, 5.74) is 3.42. The topological polar surface area (TPSA) is 51.6 Å². The van der Waals surface area contributed by atoms with Crippen molar-refractivity contribution in [2.75, 3.05) is 0 Å². The molecule has 106 valence electrons. The summed E-state index contributed by atoms with van der Waals surface area (Å²) in [7, 11) is 0. The van der Waals surface area contributed by atoms with Gasteiger partial charge in [-0.3, -0.25) is 9.97 Å². The van der Waals surface area contributed by atoms with Gasteiger partial charge in [-0.15, -0.1) is 0 Å². The maximum atomic E-state index is 6.21. The highest BCUT2D eigenvalue weighted by atomic mass is 79.9. The van der Waals surface area contributed by atoms with Gasteiger partial charge in [-0.2, -0.15) is 0 Å². The fourth-order valence-corrected chi connectivity index (χ4v) is 2.86. The number of hydrogen-bond donors (Lipinski definition) is 0. The number of fused-ring (bicyclic) bond motifs is 1. The zero-order valence-electron chi connectivity index (χ0n) is 11.5. The summed E-state index contributed by atoms with van der Waals surface area (Å²) < 4.78 is 0.753. The third-order valence-corrected chi connectivity index (χ3v) is 4.39. The highest BCUT2D eigenvalue weighted by molar-refractivity contribution is 9.10. The van der Waals surface area contributed by atoms with E-state index in [1.54, 1.807) is 12.4 Å². The van der Waals surface area contributed by atoms with Crippen molar-refractivity contribution in [2.24, 2.45) is 0 Å². The van der Waals surface area contributed by atoms with Crippen LogP contribution in [-0.4, -0.2) is 19.9 Å². The molecule has 0 fully saturated rings. The summed E-state index contributed by atoms with van der Waals surface area (Å²) >= 11 is 9.65. The summed E-state index contributed by atoms with van der Waals surface area (Å²) in [4.78, 5) is 17.5. The predicted octanol–water partition coefficient (Wildman–Crippen LogP) is 4.63. The monoisotopic (exact) mass is 362 g/mol. The quantitative estimate of drug-likeness (QED) is 0.623. The van der Waals surface area contributed by atoms with E-state index in [1.807, 2.05) is 18.2 Å². The van der Waals surface area contributed by atoms with Crippen LogP contribution in [0, 0.1) is 0 Å². The van der Waals surface area contributed by atoms with Crippen LogP contribution in [0.4, 0.5) is 0 Å². The number of nitrogens with zero attached hydrogens (tertiary/aromatic N) is 4. The van der Waals surface area contributed by atoms with E-state index in [2.05, 4.69) is 49.7 Å². The number of halogens is 2. The Morgan fingerprint density at radius 2 is 1.76 bits per heavy atom. The first-order valence-electron chi connectivity index (χ1n) is 6.50. The Hall–Kier alpha value is -1.59. The van der Waals surface area contributed by atoms with Gasteiger partial charge in [0.1, 0.15) is 5.15 Å². The Kier molecular flexibility index (Phi) is 3.87. The second-order valence-corrected chi connectivity index (χ2v) is 6.10. The first-order valence-corrected chi connectivity index (χ1v) is 7.67. The van der Waals surface area contributed by atoms with Gasteiger partial charge in [0.25, 0.3) is 0 Å². The van der Waals surface area contributed by atoms with Gasteiger partial charge in [-0.05, 0) is 40.0 Å². The molecular weight excluding hydrogens is 352 g/mol. The third-order valence-electron chi connectivity index (χ3n) is 3.11. The van der Waals surface area contributed by atoms with E-state index < -0.39 is 0 Å². The second kappa shape index (κ2) is 5.66. The van der Waals surface area contributed by atoms with E-state index in [0.29, 0.717) is 11.0 Å². The van der Waals surface area contributed by atoms with Crippen molar-refractivity contribution in [1.29, 1.82) is 0 Å². The number of benzene rings is 1. The van der Waals surface area contributed by atoms with Crippen molar-refractivity contribution in [1.82, 2.24) is 19.9 Å². The van der Waals surface area contributed by atoms with Crippen LogP contribution in [0.5, 0.6) is 0 Å². The van der Waals surface area contributed by atoms with Crippen LogP contribution in [0.1, 0.15) is 25.5 Å². The fourth-order valence-electron chi connectivity index (χ4n) is 2.05. The molecule has 0 unspecified atom stereocenters. The predicted molar refractivity (Wildman–Crippen MR) is 87.4 cm³/mol. The van der Waals surface area contributed by atoms with Crippen LogP contribution >= 0.6 is 27.5 Å². The lowest BCUT2D eigenvalue weighted by molar-refractivity contribution is 0.809. The van der Waals surface area contributed by atoms with Gasteiger partial charge in [-0.1, -0.05) is 25.4 Å². The van der Waals surface area contributed by atoms with Crippen molar-refractivity contribution in [3.63, 3.8) is 0 Å². The first kappa shape index (κ1) is 14.4. The molecule has 0 amide bonds. The molecule has 0 radical (unpaired) electrons. The van der Waals surface area contributed by atoms with Crippen LogP contribution in [0.15, 0.2) is 35.1 Å². The summed E-state index contributed by atoms with van der Waals surface area (Å²) in [5, 5.41) is 0.419. The van der Waals surface area contributed by atoms with Crippen LogP contribution in [0.3, 0.4) is 0 Å². The molecule has 4 nitrogen and oxygen atoms in total. The van der Waals surface area contributed by atoms with E-state index in [4.69, 9.17) is 11.6 Å². The fraction of sp³-hybridized carbons (Fsp3) is 0.200. The number of hydrogen-bond acceptors (Lipinski definition) is 4. The van der Waals surface area contributed by atoms with E-state index in [0.717, 1.165) is 26.8 Å². The largest absolute Gasteiger partial charge is 0.253 e. The smallest absolute Gasteiger partial charge is 0.161 e. The number of aromatic nitrogens is 4. The SMILES string of the molecule is CC(C)c1nc(-c2ccc3nccnc3c2)nc(Cl)c1Br. The van der Waals surface area contributed by atoms with Gasteiger partial charge in [0, 0.05) is 18.0 Å². The molecule has 3 aromatic rings. The lowest BCUT2D eigenvalue weighted by Crippen LogP contribution is -2.00. The van der Waals surface area contributed by atoms with Crippen LogP contribution in [0.2, 0.25) is 5.15 Å². The minimum absolute atomic E-state index is 0.249. The lowest BCUT2D eigenvalue weighted by Gasteiger charge is -2.11. The lowest BCUT2D eigenvalue weighted by atomic mass is 10.1. The summed E-state index contributed by atoms with van der Waals surface area (Å²) in [6.45, 7) is 4.14. The Balaban J connectivity index is 2.18. The Labute approximate surface area is 135 Å². The minimum Gasteiger partial charge on any atom is -0.253 e. The molecule has 2 heterocycles. The number of rotatable bonds is 2. The zero-order chi connectivity index (χ0) is 15.0. The Morgan fingerprint density at radius 1 is 1.05 bits per heavy atom. The summed E-state index contributed by atoms with van der Waals surface area (Å²) in [6, 6.07) is 5.76. The highest BCUT2D eigenvalue weighted by Gasteiger charge is 2.15. The molecule has 0 aliphatic heterocycles. The van der Waals surface area contributed by atoms with Crippen molar-refractivity contribution in [3.05, 3.63) is 45.9 Å². The van der Waals surface area contributed by atoms with Crippen molar-refractivity contribution in [2.45, 2.75) is 19.8 Å². The van der Waals surface area contributed by atoms with Crippen molar-refractivity contribution in [3.8, 4) is 11.4 Å².